The van der Waals surface area contributed by atoms with Gasteiger partial charge in [0.15, 0.2) is 5.96 Å². The van der Waals surface area contributed by atoms with E-state index in [4.69, 9.17) is 16.2 Å². The van der Waals surface area contributed by atoms with Gasteiger partial charge < -0.3 is 16.2 Å². The maximum absolute atomic E-state index is 5.23. The molecule has 4 N–H and O–H groups in total. The number of methoxy groups -OCH3 is 1. The van der Waals surface area contributed by atoms with Crippen LogP contribution in [0.4, 0.5) is 0 Å². The fourth-order valence-electron chi connectivity index (χ4n) is 1.18. The van der Waals surface area contributed by atoms with E-state index in [2.05, 4.69) is 20.9 Å². The molecule has 0 amide bonds. The van der Waals surface area contributed by atoms with E-state index in [9.17, 15) is 0 Å². The van der Waals surface area contributed by atoms with Crippen molar-refractivity contribution in [1.29, 1.82) is 0 Å². The number of hydrogen-bond acceptors (Lipinski definition) is 2. The van der Waals surface area contributed by atoms with Crippen molar-refractivity contribution in [1.82, 2.24) is 0 Å². The third-order valence-corrected chi connectivity index (χ3v) is 2.53. The molecule has 0 unspecified atom stereocenters. The molecule has 0 aliphatic heterocycles. The molecule has 1 aromatic rings. The van der Waals surface area contributed by atoms with Crippen molar-refractivity contribution in [2.75, 3.05) is 13.7 Å². The zero-order valence-electron chi connectivity index (χ0n) is 8.53. The topological polar surface area (TPSA) is 73.6 Å². The number of hydrogen-bond donors (Lipinski definition) is 2. The summed E-state index contributed by atoms with van der Waals surface area (Å²) in [6, 6.07) is 5.90. The van der Waals surface area contributed by atoms with Crippen molar-refractivity contribution in [2.45, 2.75) is 6.42 Å². The Morgan fingerprint density at radius 3 is 2.73 bits per heavy atom. The van der Waals surface area contributed by atoms with Crippen molar-refractivity contribution in [2.24, 2.45) is 16.5 Å². The normalized spacial score (nSPS) is 9.73. The van der Waals surface area contributed by atoms with Gasteiger partial charge in [-0.3, -0.25) is 4.99 Å². The Bertz CT molecular complexity index is 362. The Morgan fingerprint density at radius 1 is 1.47 bits per heavy atom. The van der Waals surface area contributed by atoms with Crippen LogP contribution in [-0.2, 0) is 6.42 Å². The molecule has 0 heterocycles. The van der Waals surface area contributed by atoms with E-state index < -0.39 is 0 Å². The molecule has 0 aliphatic rings. The number of nitrogens with two attached hydrogens (primary N) is 2. The highest BCUT2D eigenvalue weighted by Crippen LogP contribution is 2.25. The van der Waals surface area contributed by atoms with Gasteiger partial charge in [-0.2, -0.15) is 0 Å². The van der Waals surface area contributed by atoms with Gasteiger partial charge in [-0.25, -0.2) is 0 Å². The van der Waals surface area contributed by atoms with Crippen molar-refractivity contribution >= 4 is 21.9 Å². The number of rotatable bonds is 4. The first-order chi connectivity index (χ1) is 7.13. The fraction of sp³-hybridized carbons (Fsp3) is 0.300. The SMILES string of the molecule is COc1ccc(CCN=C(N)N)cc1Br. The first-order valence-corrected chi connectivity index (χ1v) is 5.30. The van der Waals surface area contributed by atoms with E-state index in [1.807, 2.05) is 18.2 Å². The smallest absolute Gasteiger partial charge is 0.185 e. The van der Waals surface area contributed by atoms with Crippen LogP contribution in [0.1, 0.15) is 5.56 Å². The molecule has 0 fully saturated rings. The van der Waals surface area contributed by atoms with Crippen molar-refractivity contribution in [3.8, 4) is 5.75 Å². The van der Waals surface area contributed by atoms with Crippen LogP contribution in [0.15, 0.2) is 27.7 Å². The van der Waals surface area contributed by atoms with E-state index >= 15 is 0 Å². The molecule has 0 aromatic heterocycles. The van der Waals surface area contributed by atoms with Gasteiger partial charge in [0.1, 0.15) is 5.75 Å². The van der Waals surface area contributed by atoms with Crippen LogP contribution in [0.5, 0.6) is 5.75 Å². The Kier molecular flexibility index (Phi) is 4.42. The summed E-state index contributed by atoms with van der Waals surface area (Å²) in [5.74, 6) is 0.947. The maximum Gasteiger partial charge on any atom is 0.185 e. The molecule has 4 nitrogen and oxygen atoms in total. The van der Waals surface area contributed by atoms with Crippen LogP contribution in [0.25, 0.3) is 0 Å². The molecular formula is C10H14BrN3O. The van der Waals surface area contributed by atoms with Gasteiger partial charge in [-0.1, -0.05) is 6.07 Å². The minimum atomic E-state index is 0.127. The average molecular weight is 272 g/mol. The summed E-state index contributed by atoms with van der Waals surface area (Å²) >= 11 is 3.42. The molecule has 1 aromatic carbocycles. The highest BCUT2D eigenvalue weighted by atomic mass is 79.9. The number of guanidine groups is 1. The Hall–Kier alpha value is -1.23. The van der Waals surface area contributed by atoms with Gasteiger partial charge in [0.25, 0.3) is 0 Å². The molecule has 15 heavy (non-hydrogen) atoms. The largest absolute Gasteiger partial charge is 0.496 e. The summed E-state index contributed by atoms with van der Waals surface area (Å²) in [5, 5.41) is 0. The Morgan fingerprint density at radius 2 is 2.20 bits per heavy atom. The molecule has 1 rings (SSSR count). The number of halogens is 1. The average Bonchev–Trinajstić information content (AvgIpc) is 2.17. The van der Waals surface area contributed by atoms with E-state index in [0.29, 0.717) is 6.54 Å². The van der Waals surface area contributed by atoms with Crippen LogP contribution >= 0.6 is 15.9 Å². The van der Waals surface area contributed by atoms with Crippen LogP contribution in [0.3, 0.4) is 0 Å². The molecule has 5 heteroatoms. The molecule has 82 valence electrons. The standard InChI is InChI=1S/C10H14BrN3O/c1-15-9-3-2-7(6-8(9)11)4-5-14-10(12)13/h2-3,6H,4-5H2,1H3,(H4,12,13,14). The fourth-order valence-corrected chi connectivity index (χ4v) is 1.77. The molecule has 0 atom stereocenters. The van der Waals surface area contributed by atoms with Crippen LogP contribution in [-0.4, -0.2) is 19.6 Å². The zero-order chi connectivity index (χ0) is 11.3. The number of nitrogens with zero attached hydrogens (tertiary/aromatic N) is 1. The molecule has 0 aliphatic carbocycles. The van der Waals surface area contributed by atoms with Crippen molar-refractivity contribution in [3.63, 3.8) is 0 Å². The summed E-state index contributed by atoms with van der Waals surface area (Å²) in [4.78, 5) is 3.92. The Labute approximate surface area is 97.4 Å². The highest BCUT2D eigenvalue weighted by Gasteiger charge is 2.00. The molecular weight excluding hydrogens is 258 g/mol. The van der Waals surface area contributed by atoms with Crippen molar-refractivity contribution in [3.05, 3.63) is 28.2 Å². The predicted octanol–water partition coefficient (Wildman–Crippen LogP) is 1.27. The summed E-state index contributed by atoms with van der Waals surface area (Å²) in [7, 11) is 1.64. The van der Waals surface area contributed by atoms with E-state index in [1.54, 1.807) is 7.11 Å². The number of benzene rings is 1. The first kappa shape index (κ1) is 11.8. The summed E-state index contributed by atoms with van der Waals surface area (Å²) in [6.07, 6.45) is 0.806. The van der Waals surface area contributed by atoms with Gasteiger partial charge in [0.05, 0.1) is 11.6 Å². The number of ether oxygens (including phenoxy) is 1. The maximum atomic E-state index is 5.23. The van der Waals surface area contributed by atoms with E-state index in [0.717, 1.165) is 22.2 Å². The summed E-state index contributed by atoms with van der Waals surface area (Å²) in [5.41, 5.74) is 11.6. The summed E-state index contributed by atoms with van der Waals surface area (Å²) in [6.45, 7) is 0.598. The predicted molar refractivity (Wildman–Crippen MR) is 65.1 cm³/mol. The second-order valence-electron chi connectivity index (χ2n) is 3.03. The zero-order valence-corrected chi connectivity index (χ0v) is 10.1. The summed E-state index contributed by atoms with van der Waals surface area (Å²) < 4.78 is 6.07. The lowest BCUT2D eigenvalue weighted by atomic mass is 10.1. The van der Waals surface area contributed by atoms with E-state index in [1.165, 1.54) is 0 Å². The van der Waals surface area contributed by atoms with Gasteiger partial charge in [0, 0.05) is 6.54 Å². The van der Waals surface area contributed by atoms with Crippen LogP contribution in [0, 0.1) is 0 Å². The minimum absolute atomic E-state index is 0.127. The third-order valence-electron chi connectivity index (χ3n) is 1.91. The lowest BCUT2D eigenvalue weighted by Crippen LogP contribution is -2.23. The molecule has 0 radical (unpaired) electrons. The van der Waals surface area contributed by atoms with Crippen LogP contribution in [0.2, 0.25) is 0 Å². The monoisotopic (exact) mass is 271 g/mol. The van der Waals surface area contributed by atoms with Gasteiger partial charge in [-0.15, -0.1) is 0 Å². The second-order valence-corrected chi connectivity index (χ2v) is 3.88. The molecule has 0 saturated heterocycles. The molecule has 0 bridgehead atoms. The van der Waals surface area contributed by atoms with Gasteiger partial charge >= 0.3 is 0 Å². The Balaban J connectivity index is 2.63. The number of aliphatic imine (C=N–C) groups is 1. The first-order valence-electron chi connectivity index (χ1n) is 4.51. The minimum Gasteiger partial charge on any atom is -0.496 e. The quantitative estimate of drug-likeness (QED) is 0.640. The van der Waals surface area contributed by atoms with E-state index in [-0.39, 0.29) is 5.96 Å². The van der Waals surface area contributed by atoms with Gasteiger partial charge in [0.2, 0.25) is 0 Å². The molecule has 0 spiro atoms. The lowest BCUT2D eigenvalue weighted by molar-refractivity contribution is 0.412. The van der Waals surface area contributed by atoms with Crippen molar-refractivity contribution < 1.29 is 4.74 Å². The lowest BCUT2D eigenvalue weighted by Gasteiger charge is -2.05. The highest BCUT2D eigenvalue weighted by molar-refractivity contribution is 9.10. The van der Waals surface area contributed by atoms with Crippen LogP contribution < -0.4 is 16.2 Å². The second kappa shape index (κ2) is 5.60. The molecule has 0 saturated carbocycles. The third kappa shape index (κ3) is 3.79. The van der Waals surface area contributed by atoms with Gasteiger partial charge in [-0.05, 0) is 40.0 Å².